The molecular formula is C20H19N3O2. The van der Waals surface area contributed by atoms with Gasteiger partial charge >= 0.3 is 0 Å². The number of amides is 1. The predicted octanol–water partition coefficient (Wildman–Crippen LogP) is 2.73. The van der Waals surface area contributed by atoms with E-state index in [9.17, 15) is 9.59 Å². The fourth-order valence-corrected chi connectivity index (χ4v) is 2.93. The van der Waals surface area contributed by atoms with Crippen molar-refractivity contribution in [2.75, 3.05) is 13.1 Å². The Labute approximate surface area is 146 Å². The maximum atomic E-state index is 13.0. The van der Waals surface area contributed by atoms with E-state index in [2.05, 4.69) is 6.07 Å². The lowest BCUT2D eigenvalue weighted by Gasteiger charge is -2.28. The van der Waals surface area contributed by atoms with Crippen LogP contribution in [-0.2, 0) is 4.79 Å². The lowest BCUT2D eigenvalue weighted by atomic mass is 10.1. The summed E-state index contributed by atoms with van der Waals surface area (Å²) in [6.45, 7) is 1.43. The molecule has 25 heavy (non-hydrogen) atoms. The molecule has 0 aliphatic carbocycles. The highest BCUT2D eigenvalue weighted by atomic mass is 16.2. The van der Waals surface area contributed by atoms with Gasteiger partial charge in [-0.3, -0.25) is 14.2 Å². The average molecular weight is 333 g/mol. The molecule has 0 bridgehead atoms. The van der Waals surface area contributed by atoms with Crippen molar-refractivity contribution in [2.45, 2.75) is 19.3 Å². The van der Waals surface area contributed by atoms with Gasteiger partial charge in [-0.05, 0) is 49.1 Å². The van der Waals surface area contributed by atoms with Crippen LogP contribution in [0.1, 0.15) is 30.4 Å². The fourth-order valence-electron chi connectivity index (χ4n) is 2.93. The van der Waals surface area contributed by atoms with Crippen molar-refractivity contribution < 1.29 is 4.79 Å². The van der Waals surface area contributed by atoms with Crippen LogP contribution < -0.4 is 5.56 Å². The van der Waals surface area contributed by atoms with E-state index >= 15 is 0 Å². The summed E-state index contributed by atoms with van der Waals surface area (Å²) in [6.07, 6.45) is 6.42. The van der Waals surface area contributed by atoms with Gasteiger partial charge in [0, 0.05) is 25.4 Å². The number of pyridine rings is 1. The normalized spacial score (nSPS) is 14.8. The van der Waals surface area contributed by atoms with Crippen molar-refractivity contribution >= 4 is 17.7 Å². The number of nitrogens with zero attached hydrogens (tertiary/aromatic N) is 3. The van der Waals surface area contributed by atoms with Gasteiger partial charge in [0.15, 0.2) is 0 Å². The zero-order chi connectivity index (χ0) is 17.6. The third kappa shape index (κ3) is 3.86. The van der Waals surface area contributed by atoms with E-state index in [0.29, 0.717) is 24.4 Å². The molecule has 5 nitrogen and oxygen atoms in total. The lowest BCUT2D eigenvalue weighted by molar-refractivity contribution is -0.126. The van der Waals surface area contributed by atoms with Gasteiger partial charge in [-0.15, -0.1) is 0 Å². The van der Waals surface area contributed by atoms with Crippen LogP contribution in [0.15, 0.2) is 53.5 Å². The van der Waals surface area contributed by atoms with E-state index in [1.807, 2.05) is 0 Å². The van der Waals surface area contributed by atoms with Crippen molar-refractivity contribution in [3.05, 3.63) is 70.1 Å². The van der Waals surface area contributed by atoms with E-state index in [0.717, 1.165) is 24.8 Å². The Hall–Kier alpha value is -3.13. The smallest absolute Gasteiger partial charge is 0.270 e. The van der Waals surface area contributed by atoms with Gasteiger partial charge in [0.05, 0.1) is 11.6 Å². The second kappa shape index (κ2) is 7.63. The molecule has 1 saturated heterocycles. The molecule has 2 aromatic rings. The van der Waals surface area contributed by atoms with Crippen LogP contribution in [0.25, 0.3) is 11.8 Å². The molecule has 126 valence electrons. The Morgan fingerprint density at radius 3 is 2.40 bits per heavy atom. The summed E-state index contributed by atoms with van der Waals surface area (Å²) in [4.78, 5) is 27.1. The van der Waals surface area contributed by atoms with E-state index in [1.165, 1.54) is 10.6 Å². The zero-order valence-electron chi connectivity index (χ0n) is 13.9. The first-order valence-electron chi connectivity index (χ1n) is 8.38. The molecule has 0 spiro atoms. The highest BCUT2D eigenvalue weighted by Crippen LogP contribution is 2.17. The zero-order valence-corrected chi connectivity index (χ0v) is 13.9. The highest BCUT2D eigenvalue weighted by Gasteiger charge is 2.22. The average Bonchev–Trinajstić information content (AvgIpc) is 2.67. The number of carbonyl (C=O) groups excluding carboxylic acids is 1. The lowest BCUT2D eigenvalue weighted by Crippen LogP contribution is -2.38. The molecule has 1 aliphatic rings. The second-order valence-electron chi connectivity index (χ2n) is 6.03. The molecule has 0 unspecified atom stereocenters. The number of hydrogen-bond donors (Lipinski definition) is 0. The minimum absolute atomic E-state index is 0.141. The number of hydrogen-bond acceptors (Lipinski definition) is 3. The molecule has 1 fully saturated rings. The number of likely N-dealkylation sites (tertiary alicyclic amines) is 1. The minimum atomic E-state index is -0.243. The Balaban J connectivity index is 2.03. The van der Waals surface area contributed by atoms with Gasteiger partial charge in [-0.25, -0.2) is 0 Å². The standard InChI is InChI=1S/C20H19N3O2/c21-15-17-9-7-16(8-10-17)14-18(23-13-5-2-6-19(23)24)20(25)22-11-3-1-4-12-22/h2,5-10,13-14H,1,3-4,11-12H2/b18-14-. The molecular weight excluding hydrogens is 314 g/mol. The molecule has 0 radical (unpaired) electrons. The molecule has 0 N–H and O–H groups in total. The van der Waals surface area contributed by atoms with Crippen molar-refractivity contribution in [1.82, 2.24) is 9.47 Å². The van der Waals surface area contributed by atoms with Crippen LogP contribution >= 0.6 is 0 Å². The van der Waals surface area contributed by atoms with Crippen molar-refractivity contribution in [2.24, 2.45) is 0 Å². The van der Waals surface area contributed by atoms with E-state index in [4.69, 9.17) is 5.26 Å². The summed E-state index contributed by atoms with van der Waals surface area (Å²) in [6, 6.07) is 13.8. The van der Waals surface area contributed by atoms with Gasteiger partial charge < -0.3 is 4.90 Å². The Morgan fingerprint density at radius 1 is 1.04 bits per heavy atom. The number of rotatable bonds is 3. The molecule has 0 atom stereocenters. The molecule has 5 heteroatoms. The summed E-state index contributed by atoms with van der Waals surface area (Å²) in [7, 11) is 0. The Morgan fingerprint density at radius 2 is 1.76 bits per heavy atom. The molecule has 1 aromatic carbocycles. The van der Waals surface area contributed by atoms with Gasteiger partial charge in [-0.2, -0.15) is 5.26 Å². The summed E-state index contributed by atoms with van der Waals surface area (Å²) < 4.78 is 1.38. The summed E-state index contributed by atoms with van der Waals surface area (Å²) in [5, 5.41) is 8.91. The van der Waals surface area contributed by atoms with Gasteiger partial charge in [-0.1, -0.05) is 18.2 Å². The van der Waals surface area contributed by atoms with Gasteiger partial charge in [0.2, 0.25) is 0 Å². The summed E-state index contributed by atoms with van der Waals surface area (Å²) in [5.41, 5.74) is 1.41. The number of nitriles is 1. The molecule has 3 rings (SSSR count). The van der Waals surface area contributed by atoms with Crippen molar-refractivity contribution in [3.63, 3.8) is 0 Å². The maximum Gasteiger partial charge on any atom is 0.270 e. The topological polar surface area (TPSA) is 66.1 Å². The number of aromatic nitrogens is 1. The van der Waals surface area contributed by atoms with Crippen molar-refractivity contribution in [1.29, 1.82) is 5.26 Å². The Kier molecular flexibility index (Phi) is 5.10. The predicted molar refractivity (Wildman–Crippen MR) is 96.5 cm³/mol. The van der Waals surface area contributed by atoms with Crippen LogP contribution in [0.2, 0.25) is 0 Å². The van der Waals surface area contributed by atoms with E-state index in [1.54, 1.807) is 53.6 Å². The monoisotopic (exact) mass is 333 g/mol. The second-order valence-corrected chi connectivity index (χ2v) is 6.03. The third-order valence-electron chi connectivity index (χ3n) is 4.29. The van der Waals surface area contributed by atoms with Crippen LogP contribution in [0.5, 0.6) is 0 Å². The molecule has 1 aliphatic heterocycles. The fraction of sp³-hybridized carbons (Fsp3) is 0.250. The van der Waals surface area contributed by atoms with Crippen LogP contribution in [0.4, 0.5) is 0 Å². The molecule has 2 heterocycles. The molecule has 0 saturated carbocycles. The summed E-state index contributed by atoms with van der Waals surface area (Å²) >= 11 is 0. The maximum absolute atomic E-state index is 13.0. The largest absolute Gasteiger partial charge is 0.337 e. The third-order valence-corrected chi connectivity index (χ3v) is 4.29. The highest BCUT2D eigenvalue weighted by molar-refractivity contribution is 6.18. The first-order valence-corrected chi connectivity index (χ1v) is 8.38. The Bertz CT molecular complexity index is 882. The van der Waals surface area contributed by atoms with Gasteiger partial charge in [0.1, 0.15) is 5.70 Å². The van der Waals surface area contributed by atoms with Crippen LogP contribution in [0.3, 0.4) is 0 Å². The van der Waals surface area contributed by atoms with Crippen LogP contribution in [-0.4, -0.2) is 28.5 Å². The molecule has 1 amide bonds. The number of carbonyl (C=O) groups is 1. The number of benzene rings is 1. The van der Waals surface area contributed by atoms with Crippen molar-refractivity contribution in [3.8, 4) is 6.07 Å². The first kappa shape index (κ1) is 16.7. The van der Waals surface area contributed by atoms with Gasteiger partial charge in [0.25, 0.3) is 11.5 Å². The van der Waals surface area contributed by atoms with E-state index in [-0.39, 0.29) is 11.5 Å². The SMILES string of the molecule is N#Cc1ccc(/C=C(/C(=O)N2CCCCC2)n2ccccc2=O)cc1. The van der Waals surface area contributed by atoms with Crippen LogP contribution in [0, 0.1) is 11.3 Å². The quantitative estimate of drug-likeness (QED) is 0.811. The molecule has 1 aromatic heterocycles. The first-order chi connectivity index (χ1) is 12.2. The summed E-state index contributed by atoms with van der Waals surface area (Å²) in [5.74, 6) is -0.141. The number of piperidine rings is 1. The minimum Gasteiger partial charge on any atom is -0.337 e. The van der Waals surface area contributed by atoms with E-state index < -0.39 is 0 Å².